The molecule has 2 aliphatic heterocycles. The van der Waals surface area contributed by atoms with E-state index in [1.165, 1.54) is 0 Å². The lowest BCUT2D eigenvalue weighted by Crippen LogP contribution is -2.32. The molecule has 0 unspecified atom stereocenters. The Balaban J connectivity index is 1.65. The summed E-state index contributed by atoms with van der Waals surface area (Å²) in [4.78, 5) is 8.81. The number of pyridine rings is 1. The van der Waals surface area contributed by atoms with Crippen molar-refractivity contribution in [3.05, 3.63) is 106 Å². The van der Waals surface area contributed by atoms with Crippen LogP contribution in [-0.4, -0.2) is 19.7 Å². The summed E-state index contributed by atoms with van der Waals surface area (Å²) >= 11 is 6.35. The zero-order valence-corrected chi connectivity index (χ0v) is 17.4. The van der Waals surface area contributed by atoms with Gasteiger partial charge in [0.25, 0.3) is 0 Å². The van der Waals surface area contributed by atoms with Crippen molar-refractivity contribution in [1.82, 2.24) is 19.7 Å². The minimum atomic E-state index is -0.348. The highest BCUT2D eigenvalue weighted by atomic mass is 35.5. The Morgan fingerprint density at radius 3 is 2.81 bits per heavy atom. The molecule has 4 aromatic rings. The number of hydrogen-bond donors (Lipinski definition) is 1. The molecule has 152 valence electrons. The molecule has 2 aromatic carbocycles. The van der Waals surface area contributed by atoms with Crippen molar-refractivity contribution >= 4 is 23.2 Å². The van der Waals surface area contributed by atoms with Gasteiger partial charge in [0.1, 0.15) is 24.2 Å². The summed E-state index contributed by atoms with van der Waals surface area (Å²) in [7, 11) is 0. The van der Waals surface area contributed by atoms with E-state index in [2.05, 4.69) is 45.5 Å². The Morgan fingerprint density at radius 1 is 1.06 bits per heavy atom. The first-order chi connectivity index (χ1) is 15.2. The van der Waals surface area contributed by atoms with E-state index >= 15 is 0 Å². The van der Waals surface area contributed by atoms with Crippen LogP contribution >= 0.6 is 11.6 Å². The predicted molar refractivity (Wildman–Crippen MR) is 119 cm³/mol. The second-order valence-corrected chi connectivity index (χ2v) is 8.16. The largest absolute Gasteiger partial charge is 0.480 e. The average Bonchev–Trinajstić information content (AvgIpc) is 3.26. The van der Waals surface area contributed by atoms with Crippen molar-refractivity contribution in [3.63, 3.8) is 0 Å². The lowest BCUT2D eigenvalue weighted by molar-refractivity contribution is 0.223. The van der Waals surface area contributed by atoms with E-state index in [1.54, 1.807) is 12.5 Å². The molecular formula is C24H18ClN5O. The summed E-state index contributed by atoms with van der Waals surface area (Å²) in [5.41, 5.74) is 6.19. The summed E-state index contributed by atoms with van der Waals surface area (Å²) in [5, 5.41) is 8.70. The van der Waals surface area contributed by atoms with E-state index in [0.29, 0.717) is 11.0 Å². The van der Waals surface area contributed by atoms with E-state index in [1.807, 2.05) is 47.3 Å². The van der Waals surface area contributed by atoms with Gasteiger partial charge in [0.05, 0.1) is 5.70 Å². The van der Waals surface area contributed by atoms with Crippen molar-refractivity contribution in [1.29, 1.82) is 0 Å². The maximum atomic E-state index is 6.60. The fraction of sp³-hybridized carbons (Fsp3) is 0.125. The fourth-order valence-electron chi connectivity index (χ4n) is 4.39. The van der Waals surface area contributed by atoms with Crippen LogP contribution in [0.1, 0.15) is 34.4 Å². The van der Waals surface area contributed by atoms with E-state index in [-0.39, 0.29) is 12.1 Å². The first-order valence-electron chi connectivity index (χ1n) is 10.0. The number of rotatable bonds is 2. The van der Waals surface area contributed by atoms with Gasteiger partial charge in [0.2, 0.25) is 5.95 Å². The van der Waals surface area contributed by atoms with Crippen molar-refractivity contribution in [2.75, 3.05) is 5.32 Å². The van der Waals surface area contributed by atoms with Crippen molar-refractivity contribution in [3.8, 4) is 5.75 Å². The molecule has 0 aliphatic carbocycles. The normalized spacial score (nSPS) is 19.0. The number of benzene rings is 2. The Hall–Kier alpha value is -3.64. The van der Waals surface area contributed by atoms with Crippen LogP contribution in [0, 0.1) is 6.92 Å². The molecule has 0 amide bonds. The number of nitrogens with one attached hydrogen (secondary N) is 1. The highest BCUT2D eigenvalue weighted by molar-refractivity contribution is 6.30. The Morgan fingerprint density at radius 2 is 1.97 bits per heavy atom. The molecule has 1 N–H and O–H groups in total. The molecule has 4 heterocycles. The van der Waals surface area contributed by atoms with E-state index in [9.17, 15) is 0 Å². The molecule has 31 heavy (non-hydrogen) atoms. The molecule has 2 atom stereocenters. The van der Waals surface area contributed by atoms with E-state index in [0.717, 1.165) is 39.3 Å². The van der Waals surface area contributed by atoms with Crippen LogP contribution in [0.3, 0.4) is 0 Å². The van der Waals surface area contributed by atoms with Gasteiger partial charge >= 0.3 is 0 Å². The van der Waals surface area contributed by atoms with Gasteiger partial charge in [-0.25, -0.2) is 4.68 Å². The molecule has 0 saturated heterocycles. The zero-order valence-electron chi connectivity index (χ0n) is 16.7. The number of nitrogens with zero attached hydrogens (tertiary/aromatic N) is 4. The summed E-state index contributed by atoms with van der Waals surface area (Å²) in [5.74, 6) is 1.51. The number of ether oxygens (including phenoxy) is 1. The highest BCUT2D eigenvalue weighted by Gasteiger charge is 2.41. The van der Waals surface area contributed by atoms with Gasteiger partial charge in [-0.05, 0) is 48.4 Å². The Kier molecular flexibility index (Phi) is 4.07. The lowest BCUT2D eigenvalue weighted by Gasteiger charge is -2.39. The minimum absolute atomic E-state index is 0.222. The second-order valence-electron chi connectivity index (χ2n) is 7.72. The summed E-state index contributed by atoms with van der Waals surface area (Å²) in [6.07, 6.45) is 4.86. The quantitative estimate of drug-likeness (QED) is 0.476. The first kappa shape index (κ1) is 18.2. The summed E-state index contributed by atoms with van der Waals surface area (Å²) < 4.78 is 8.49. The average molecular weight is 428 g/mol. The molecule has 2 aliphatic rings. The monoisotopic (exact) mass is 427 g/mol. The second kappa shape index (κ2) is 6.96. The van der Waals surface area contributed by atoms with Crippen molar-refractivity contribution < 1.29 is 4.74 Å². The number of halogens is 1. The molecule has 2 aromatic heterocycles. The smallest absolute Gasteiger partial charge is 0.226 e. The van der Waals surface area contributed by atoms with E-state index < -0.39 is 0 Å². The molecule has 0 fully saturated rings. The number of aryl methyl sites for hydroxylation is 1. The molecule has 6 nitrogen and oxygen atoms in total. The van der Waals surface area contributed by atoms with Crippen LogP contribution in [0.25, 0.3) is 5.70 Å². The number of aromatic nitrogens is 4. The molecule has 0 bridgehead atoms. The Bertz CT molecular complexity index is 1330. The SMILES string of the molecule is Cc1ccc2c(c1)C1=C([C@H](c3cccc(Cl)c3)O2)[C@H](c2cccnc2)n2ncnc2N1. The van der Waals surface area contributed by atoms with E-state index in [4.69, 9.17) is 16.3 Å². The lowest BCUT2D eigenvalue weighted by atomic mass is 9.85. The van der Waals surface area contributed by atoms with Crippen LogP contribution in [0.2, 0.25) is 5.02 Å². The maximum Gasteiger partial charge on any atom is 0.226 e. The number of hydrogen-bond acceptors (Lipinski definition) is 5. The molecule has 0 saturated carbocycles. The number of fused-ring (bicyclic) bond motifs is 3. The minimum Gasteiger partial charge on any atom is -0.480 e. The van der Waals surface area contributed by atoms with Gasteiger partial charge in [-0.2, -0.15) is 10.1 Å². The van der Waals surface area contributed by atoms with Gasteiger partial charge in [0.15, 0.2) is 0 Å². The summed E-state index contributed by atoms with van der Waals surface area (Å²) in [6.45, 7) is 2.08. The number of anilines is 1. The van der Waals surface area contributed by atoms with Gasteiger partial charge in [-0.15, -0.1) is 0 Å². The third-order valence-corrected chi connectivity index (χ3v) is 5.96. The molecule has 0 radical (unpaired) electrons. The Labute approximate surface area is 184 Å². The van der Waals surface area contributed by atoms with Crippen LogP contribution in [0.4, 0.5) is 5.95 Å². The van der Waals surface area contributed by atoms with Gasteiger partial charge in [0, 0.05) is 28.6 Å². The van der Waals surface area contributed by atoms with Crippen LogP contribution in [-0.2, 0) is 0 Å². The third-order valence-electron chi connectivity index (χ3n) is 5.72. The van der Waals surface area contributed by atoms with Gasteiger partial charge in [-0.3, -0.25) is 4.98 Å². The van der Waals surface area contributed by atoms with Gasteiger partial charge in [-0.1, -0.05) is 41.4 Å². The zero-order chi connectivity index (χ0) is 20.9. The predicted octanol–water partition coefficient (Wildman–Crippen LogP) is 5.19. The first-order valence-corrected chi connectivity index (χ1v) is 10.4. The molecule has 6 rings (SSSR count). The standard InChI is InChI=1S/C24H18ClN5O/c1-14-7-8-19-18(10-14)21-20(23(31-19)15-4-2-6-17(25)11-15)22(16-5-3-9-26-12-16)30-24(29-21)27-13-28-30/h2-13,22-23H,1H3,(H,27,28,29)/t22-,23-/m0/s1. The molecule has 7 heteroatoms. The molecular weight excluding hydrogens is 410 g/mol. The van der Waals surface area contributed by atoms with Crippen molar-refractivity contribution in [2.45, 2.75) is 19.1 Å². The van der Waals surface area contributed by atoms with Crippen molar-refractivity contribution in [2.24, 2.45) is 0 Å². The third kappa shape index (κ3) is 2.91. The maximum absolute atomic E-state index is 6.60. The fourth-order valence-corrected chi connectivity index (χ4v) is 4.59. The highest BCUT2D eigenvalue weighted by Crippen LogP contribution is 2.50. The van der Waals surface area contributed by atoms with Crippen LogP contribution < -0.4 is 10.1 Å². The van der Waals surface area contributed by atoms with Gasteiger partial charge < -0.3 is 10.1 Å². The van der Waals surface area contributed by atoms with Crippen LogP contribution in [0.15, 0.2) is 78.9 Å². The van der Waals surface area contributed by atoms with Crippen LogP contribution in [0.5, 0.6) is 5.75 Å². The topological polar surface area (TPSA) is 64.9 Å². The molecule has 0 spiro atoms. The summed E-state index contributed by atoms with van der Waals surface area (Å²) in [6, 6.07) is 17.8.